The number of aliphatic hydroxyl groups excluding tert-OH is 1. The number of hydrogen-bond acceptors (Lipinski definition) is 2. The Bertz CT molecular complexity index is 158. The third-order valence-corrected chi connectivity index (χ3v) is 1.77. The highest BCUT2D eigenvalue weighted by atomic mass is 16.2. The number of ketones is 1. The second-order valence-corrected chi connectivity index (χ2v) is 2.46. The zero-order valence-electron chi connectivity index (χ0n) is 5.42. The Labute approximate surface area is 54.2 Å². The average Bonchev–Trinajstić information content (AvgIpc) is 2.15. The van der Waals surface area contributed by atoms with Gasteiger partial charge in [-0.15, -0.1) is 0 Å². The van der Waals surface area contributed by atoms with E-state index in [0.29, 0.717) is 5.57 Å². The van der Waals surface area contributed by atoms with Gasteiger partial charge in [-0.05, 0) is 12.8 Å². The van der Waals surface area contributed by atoms with Crippen molar-refractivity contribution in [2.75, 3.05) is 0 Å². The number of allylic oxidation sites excluding steroid dienone is 1. The van der Waals surface area contributed by atoms with Crippen LogP contribution in [0, 0.1) is 5.92 Å². The third-order valence-electron chi connectivity index (χ3n) is 1.77. The molecule has 1 unspecified atom stereocenters. The van der Waals surface area contributed by atoms with Crippen molar-refractivity contribution in [2.24, 2.45) is 5.92 Å². The van der Waals surface area contributed by atoms with Gasteiger partial charge >= 0.3 is 0 Å². The van der Waals surface area contributed by atoms with Gasteiger partial charge in [0.15, 0.2) is 5.78 Å². The molecular formula is C7H10O2. The van der Waals surface area contributed by atoms with Crippen molar-refractivity contribution in [2.45, 2.75) is 19.8 Å². The average molecular weight is 126 g/mol. The fraction of sp³-hybridized carbons (Fsp3) is 0.571. The molecule has 9 heavy (non-hydrogen) atoms. The molecule has 50 valence electrons. The summed E-state index contributed by atoms with van der Waals surface area (Å²) in [6.07, 6.45) is 2.58. The fourth-order valence-electron chi connectivity index (χ4n) is 1.07. The van der Waals surface area contributed by atoms with Crippen LogP contribution in [0.1, 0.15) is 19.8 Å². The summed E-state index contributed by atoms with van der Waals surface area (Å²) in [7, 11) is 0. The molecule has 1 rings (SSSR count). The number of Topliss-reactive ketones (excluding diaryl/α,β-unsaturated/α-hetero) is 1. The van der Waals surface area contributed by atoms with Gasteiger partial charge in [-0.3, -0.25) is 4.79 Å². The quantitative estimate of drug-likeness (QED) is 0.393. The van der Waals surface area contributed by atoms with Gasteiger partial charge in [0.1, 0.15) is 0 Å². The maximum Gasteiger partial charge on any atom is 0.164 e. The lowest BCUT2D eigenvalue weighted by Crippen LogP contribution is -2.01. The molecule has 1 aliphatic rings. The summed E-state index contributed by atoms with van der Waals surface area (Å²) >= 11 is 0. The fourth-order valence-corrected chi connectivity index (χ4v) is 1.07. The lowest BCUT2D eigenvalue weighted by Gasteiger charge is -1.92. The number of aliphatic hydroxyl groups is 1. The van der Waals surface area contributed by atoms with Crippen molar-refractivity contribution in [3.63, 3.8) is 0 Å². The molecule has 0 saturated heterocycles. The Morgan fingerprint density at radius 1 is 1.78 bits per heavy atom. The molecule has 0 aromatic rings. The highest BCUT2D eigenvalue weighted by Gasteiger charge is 2.24. The molecule has 0 aromatic carbocycles. The molecule has 1 N–H and O–H groups in total. The maximum absolute atomic E-state index is 10.9. The van der Waals surface area contributed by atoms with E-state index in [9.17, 15) is 4.79 Å². The second kappa shape index (κ2) is 2.21. The van der Waals surface area contributed by atoms with Gasteiger partial charge in [0.25, 0.3) is 0 Å². The topological polar surface area (TPSA) is 37.3 Å². The van der Waals surface area contributed by atoms with Crippen LogP contribution >= 0.6 is 0 Å². The summed E-state index contributed by atoms with van der Waals surface area (Å²) in [6, 6.07) is 0. The van der Waals surface area contributed by atoms with E-state index in [1.807, 2.05) is 6.92 Å². The Hall–Kier alpha value is -0.790. The van der Waals surface area contributed by atoms with Gasteiger partial charge in [-0.25, -0.2) is 0 Å². The summed E-state index contributed by atoms with van der Waals surface area (Å²) in [5.74, 6) is 0.237. The van der Waals surface area contributed by atoms with Crippen LogP contribution in [0.25, 0.3) is 0 Å². The van der Waals surface area contributed by atoms with Crippen molar-refractivity contribution >= 4 is 5.78 Å². The smallest absolute Gasteiger partial charge is 0.164 e. The summed E-state index contributed by atoms with van der Waals surface area (Å²) < 4.78 is 0. The van der Waals surface area contributed by atoms with Crippen LogP contribution < -0.4 is 0 Å². The third kappa shape index (κ3) is 0.969. The van der Waals surface area contributed by atoms with Gasteiger partial charge in [-0.1, -0.05) is 6.92 Å². The number of hydrogen-bond donors (Lipinski definition) is 1. The first-order valence-corrected chi connectivity index (χ1v) is 3.13. The zero-order chi connectivity index (χ0) is 6.85. The van der Waals surface area contributed by atoms with Crippen LogP contribution in [0.4, 0.5) is 0 Å². The van der Waals surface area contributed by atoms with Gasteiger partial charge in [0.05, 0.1) is 6.26 Å². The van der Waals surface area contributed by atoms with Crippen LogP contribution in [0.2, 0.25) is 0 Å². The van der Waals surface area contributed by atoms with E-state index >= 15 is 0 Å². The largest absolute Gasteiger partial charge is 0.515 e. The molecule has 1 atom stereocenters. The Morgan fingerprint density at radius 2 is 2.44 bits per heavy atom. The predicted molar refractivity (Wildman–Crippen MR) is 34.1 cm³/mol. The van der Waals surface area contributed by atoms with Crippen molar-refractivity contribution in [1.82, 2.24) is 0 Å². The van der Waals surface area contributed by atoms with Crippen molar-refractivity contribution in [3.8, 4) is 0 Å². The van der Waals surface area contributed by atoms with E-state index in [2.05, 4.69) is 0 Å². The molecule has 0 heterocycles. The SMILES string of the molecule is CC1CC/C(=C\O)C1=O. The Kier molecular flexibility index (Phi) is 1.56. The first kappa shape index (κ1) is 6.33. The molecule has 2 nitrogen and oxygen atoms in total. The molecule has 0 radical (unpaired) electrons. The number of rotatable bonds is 0. The first-order chi connectivity index (χ1) is 4.25. The maximum atomic E-state index is 10.9. The first-order valence-electron chi connectivity index (χ1n) is 3.13. The molecule has 0 amide bonds. The van der Waals surface area contributed by atoms with Crippen molar-refractivity contribution < 1.29 is 9.90 Å². The molecule has 0 bridgehead atoms. The minimum absolute atomic E-state index is 0.109. The standard InChI is InChI=1S/C7H10O2/c1-5-2-3-6(4-8)7(5)9/h4-5,8H,2-3H2,1H3/b6-4+. The van der Waals surface area contributed by atoms with Gasteiger partial charge in [-0.2, -0.15) is 0 Å². The normalized spacial score (nSPS) is 31.9. The lowest BCUT2D eigenvalue weighted by molar-refractivity contribution is -0.117. The molecule has 0 aliphatic heterocycles. The minimum atomic E-state index is 0.109. The minimum Gasteiger partial charge on any atom is -0.515 e. The summed E-state index contributed by atoms with van der Waals surface area (Å²) in [6.45, 7) is 1.89. The van der Waals surface area contributed by atoms with Gasteiger partial charge in [0, 0.05) is 11.5 Å². The number of carbonyl (C=O) groups is 1. The second-order valence-electron chi connectivity index (χ2n) is 2.46. The molecular weight excluding hydrogens is 116 g/mol. The molecule has 2 heteroatoms. The van der Waals surface area contributed by atoms with E-state index in [-0.39, 0.29) is 11.7 Å². The molecule has 0 spiro atoms. The predicted octanol–water partition coefficient (Wildman–Crippen LogP) is 1.43. The van der Waals surface area contributed by atoms with E-state index in [1.54, 1.807) is 0 Å². The molecule has 1 fully saturated rings. The summed E-state index contributed by atoms with van der Waals surface area (Å²) in [5.41, 5.74) is 0.586. The Morgan fingerprint density at radius 3 is 2.67 bits per heavy atom. The van der Waals surface area contributed by atoms with Crippen LogP contribution in [0.15, 0.2) is 11.8 Å². The zero-order valence-corrected chi connectivity index (χ0v) is 5.42. The van der Waals surface area contributed by atoms with E-state index in [0.717, 1.165) is 19.1 Å². The van der Waals surface area contributed by atoms with Crippen molar-refractivity contribution in [3.05, 3.63) is 11.8 Å². The van der Waals surface area contributed by atoms with E-state index in [1.165, 1.54) is 0 Å². The molecule has 0 aromatic heterocycles. The van der Waals surface area contributed by atoms with Crippen LogP contribution in [0.3, 0.4) is 0 Å². The monoisotopic (exact) mass is 126 g/mol. The Balaban J connectivity index is 2.74. The van der Waals surface area contributed by atoms with Crippen LogP contribution in [0.5, 0.6) is 0 Å². The summed E-state index contributed by atoms with van der Waals surface area (Å²) in [4.78, 5) is 10.9. The highest BCUT2D eigenvalue weighted by Crippen LogP contribution is 2.25. The van der Waals surface area contributed by atoms with E-state index in [4.69, 9.17) is 5.11 Å². The number of carbonyl (C=O) groups excluding carboxylic acids is 1. The highest BCUT2D eigenvalue weighted by molar-refractivity contribution is 5.98. The molecule has 1 aliphatic carbocycles. The van der Waals surface area contributed by atoms with Crippen LogP contribution in [-0.4, -0.2) is 10.9 Å². The van der Waals surface area contributed by atoms with E-state index < -0.39 is 0 Å². The van der Waals surface area contributed by atoms with Crippen LogP contribution in [-0.2, 0) is 4.79 Å². The molecule has 1 saturated carbocycles. The van der Waals surface area contributed by atoms with Gasteiger partial charge < -0.3 is 5.11 Å². The van der Waals surface area contributed by atoms with Crippen molar-refractivity contribution in [1.29, 1.82) is 0 Å². The van der Waals surface area contributed by atoms with Gasteiger partial charge in [0.2, 0.25) is 0 Å². The lowest BCUT2D eigenvalue weighted by atomic mass is 10.1. The summed E-state index contributed by atoms with van der Waals surface area (Å²) in [5, 5.41) is 8.47.